The molecule has 0 bridgehead atoms. The second-order valence-electron chi connectivity index (χ2n) is 7.14. The number of nitrogens with one attached hydrogen (secondary N) is 2. The van der Waals surface area contributed by atoms with E-state index >= 15 is 0 Å². The molecule has 1 saturated heterocycles. The summed E-state index contributed by atoms with van der Waals surface area (Å²) in [5, 5.41) is 24.0. The molecule has 9 heteroatoms. The van der Waals surface area contributed by atoms with Gasteiger partial charge in [-0.2, -0.15) is 16.4 Å². The van der Waals surface area contributed by atoms with E-state index in [0.717, 1.165) is 63.6 Å². The molecule has 1 fully saturated rings. The number of piperidine rings is 1. The summed E-state index contributed by atoms with van der Waals surface area (Å²) in [6, 6.07) is 2.15. The molecular weight excluding hydrogens is 382 g/mol. The van der Waals surface area contributed by atoms with Crippen molar-refractivity contribution < 1.29 is 0 Å². The van der Waals surface area contributed by atoms with E-state index in [1.54, 1.807) is 11.3 Å². The number of halogens is 1. The third-order valence-corrected chi connectivity index (χ3v) is 6.21. The van der Waals surface area contributed by atoms with Crippen LogP contribution < -0.4 is 5.32 Å². The number of fused-ring (bicyclic) bond motifs is 1. The lowest BCUT2D eigenvalue weighted by Gasteiger charge is -2.32. The van der Waals surface area contributed by atoms with E-state index < -0.39 is 0 Å². The fourth-order valence-electron chi connectivity index (χ4n) is 4.09. The third-order valence-electron chi connectivity index (χ3n) is 5.53. The first-order valence-electron chi connectivity index (χ1n) is 9.28. The summed E-state index contributed by atoms with van der Waals surface area (Å²) in [7, 11) is 0. The zero-order valence-electron chi connectivity index (χ0n) is 15.1. The normalized spacial score (nSPS) is 18.2. The molecule has 0 saturated carbocycles. The molecule has 2 aliphatic heterocycles. The van der Waals surface area contributed by atoms with Gasteiger partial charge in [-0.15, -0.1) is 22.6 Å². The van der Waals surface area contributed by atoms with Gasteiger partial charge in [0.1, 0.15) is 11.6 Å². The lowest BCUT2D eigenvalue weighted by Crippen LogP contribution is -2.34. The maximum absolute atomic E-state index is 4.51. The van der Waals surface area contributed by atoms with Crippen LogP contribution in [0.2, 0.25) is 0 Å². The minimum Gasteiger partial charge on any atom is -0.312 e. The van der Waals surface area contributed by atoms with Gasteiger partial charge in [-0.3, -0.25) is 10.00 Å². The highest BCUT2D eigenvalue weighted by Gasteiger charge is 2.27. The average Bonchev–Trinajstić information content (AvgIpc) is 3.43. The summed E-state index contributed by atoms with van der Waals surface area (Å²) >= 11 is 1.72. The van der Waals surface area contributed by atoms with Gasteiger partial charge in [0.05, 0.1) is 18.4 Å². The van der Waals surface area contributed by atoms with Crippen molar-refractivity contribution in [1.82, 2.24) is 35.2 Å². The van der Waals surface area contributed by atoms with Gasteiger partial charge < -0.3 is 9.88 Å². The Labute approximate surface area is 168 Å². The Morgan fingerprint density at radius 3 is 2.89 bits per heavy atom. The van der Waals surface area contributed by atoms with Crippen LogP contribution in [-0.2, 0) is 19.6 Å². The van der Waals surface area contributed by atoms with Gasteiger partial charge in [-0.25, -0.2) is 0 Å². The molecule has 5 heterocycles. The highest BCUT2D eigenvalue weighted by atomic mass is 35.5. The van der Waals surface area contributed by atoms with E-state index in [-0.39, 0.29) is 12.4 Å². The van der Waals surface area contributed by atoms with Crippen molar-refractivity contribution >= 4 is 23.7 Å². The molecule has 2 aliphatic rings. The van der Waals surface area contributed by atoms with Crippen LogP contribution in [0.3, 0.4) is 0 Å². The molecule has 5 rings (SSSR count). The van der Waals surface area contributed by atoms with Crippen LogP contribution in [0.25, 0.3) is 11.3 Å². The Morgan fingerprint density at radius 1 is 1.19 bits per heavy atom. The van der Waals surface area contributed by atoms with Crippen LogP contribution in [0, 0.1) is 0 Å². The van der Waals surface area contributed by atoms with E-state index in [0.29, 0.717) is 5.92 Å². The summed E-state index contributed by atoms with van der Waals surface area (Å²) in [5.74, 6) is 2.82. The Morgan fingerprint density at radius 2 is 2.07 bits per heavy atom. The predicted molar refractivity (Wildman–Crippen MR) is 108 cm³/mol. The smallest absolute Gasteiger partial charge is 0.147 e. The van der Waals surface area contributed by atoms with Crippen LogP contribution in [0.1, 0.15) is 36.0 Å². The lowest BCUT2D eigenvalue weighted by molar-refractivity contribution is 0.199. The lowest BCUT2D eigenvalue weighted by atomic mass is 9.95. The minimum absolute atomic E-state index is 0. The number of H-pyrrole nitrogens is 1. The molecule has 3 aromatic heterocycles. The molecule has 144 valence electrons. The van der Waals surface area contributed by atoms with Crippen molar-refractivity contribution in [2.45, 2.75) is 38.4 Å². The molecule has 0 spiro atoms. The van der Waals surface area contributed by atoms with Crippen molar-refractivity contribution in [1.29, 1.82) is 0 Å². The Balaban J connectivity index is 0.00000180. The van der Waals surface area contributed by atoms with E-state index in [1.165, 1.54) is 17.0 Å². The second kappa shape index (κ2) is 8.10. The van der Waals surface area contributed by atoms with Crippen molar-refractivity contribution in [2.24, 2.45) is 0 Å². The largest absolute Gasteiger partial charge is 0.312 e. The van der Waals surface area contributed by atoms with Gasteiger partial charge >= 0.3 is 0 Å². The van der Waals surface area contributed by atoms with Crippen molar-refractivity contribution in [2.75, 3.05) is 19.6 Å². The second-order valence-corrected chi connectivity index (χ2v) is 7.92. The van der Waals surface area contributed by atoms with Crippen LogP contribution in [-0.4, -0.2) is 49.5 Å². The van der Waals surface area contributed by atoms with Gasteiger partial charge in [0, 0.05) is 42.1 Å². The summed E-state index contributed by atoms with van der Waals surface area (Å²) in [6.45, 7) is 6.01. The quantitative estimate of drug-likeness (QED) is 0.698. The Bertz CT molecular complexity index is 864. The Kier molecular flexibility index (Phi) is 5.58. The first-order valence-corrected chi connectivity index (χ1v) is 10.2. The number of rotatable bonds is 4. The summed E-state index contributed by atoms with van der Waals surface area (Å²) in [4.78, 5) is 2.53. The highest BCUT2D eigenvalue weighted by molar-refractivity contribution is 7.08. The summed E-state index contributed by atoms with van der Waals surface area (Å²) < 4.78 is 2.33. The van der Waals surface area contributed by atoms with Crippen molar-refractivity contribution in [3.63, 3.8) is 0 Å². The molecule has 0 amide bonds. The first-order chi connectivity index (χ1) is 12.9. The highest BCUT2D eigenvalue weighted by Crippen LogP contribution is 2.30. The zero-order valence-corrected chi connectivity index (χ0v) is 16.7. The van der Waals surface area contributed by atoms with Crippen molar-refractivity contribution in [3.05, 3.63) is 40.2 Å². The van der Waals surface area contributed by atoms with Crippen molar-refractivity contribution in [3.8, 4) is 11.3 Å². The van der Waals surface area contributed by atoms with Gasteiger partial charge in [-0.1, -0.05) is 0 Å². The number of nitrogens with zero attached hydrogens (tertiary/aromatic N) is 5. The minimum atomic E-state index is 0. The number of likely N-dealkylation sites (tertiary alicyclic amines) is 1. The zero-order chi connectivity index (χ0) is 17.3. The molecule has 3 aromatic rings. The summed E-state index contributed by atoms with van der Waals surface area (Å²) in [5.41, 5.74) is 3.68. The number of aromatic nitrogens is 5. The average molecular weight is 406 g/mol. The maximum atomic E-state index is 4.51. The fraction of sp³-hybridized carbons (Fsp3) is 0.500. The molecule has 0 radical (unpaired) electrons. The third kappa shape index (κ3) is 3.67. The first kappa shape index (κ1) is 18.6. The van der Waals surface area contributed by atoms with Gasteiger partial charge in [0.2, 0.25) is 0 Å². The van der Waals surface area contributed by atoms with E-state index in [9.17, 15) is 0 Å². The molecule has 0 aliphatic carbocycles. The van der Waals surface area contributed by atoms with Crippen LogP contribution in [0.5, 0.6) is 0 Å². The molecule has 2 N–H and O–H groups in total. The Hall–Kier alpha value is -1.74. The number of hydrogen-bond acceptors (Lipinski definition) is 6. The van der Waals surface area contributed by atoms with Gasteiger partial charge in [0.25, 0.3) is 0 Å². The molecule has 0 atom stereocenters. The molecular formula is C18H24ClN7S. The molecule has 7 nitrogen and oxygen atoms in total. The van der Waals surface area contributed by atoms with E-state index in [2.05, 4.69) is 52.0 Å². The number of hydrogen-bond donors (Lipinski definition) is 2. The van der Waals surface area contributed by atoms with Gasteiger partial charge in [0.15, 0.2) is 0 Å². The number of aromatic amines is 1. The maximum Gasteiger partial charge on any atom is 0.147 e. The topological polar surface area (TPSA) is 74.7 Å². The van der Waals surface area contributed by atoms with Crippen LogP contribution in [0.15, 0.2) is 23.0 Å². The molecule has 27 heavy (non-hydrogen) atoms. The van der Waals surface area contributed by atoms with Crippen LogP contribution in [0.4, 0.5) is 0 Å². The fourth-order valence-corrected chi connectivity index (χ4v) is 4.74. The number of thiophene rings is 1. The SMILES string of the molecule is Cl.c1cc(-c2[nH]ncc2CN2CCC(c3nnc4n3CCNC4)CC2)cs1. The van der Waals surface area contributed by atoms with Gasteiger partial charge in [-0.05, 0) is 37.4 Å². The van der Waals surface area contributed by atoms with Crippen LogP contribution >= 0.6 is 23.7 Å². The summed E-state index contributed by atoms with van der Waals surface area (Å²) in [6.07, 6.45) is 4.27. The van der Waals surface area contributed by atoms with E-state index in [4.69, 9.17) is 0 Å². The predicted octanol–water partition coefficient (Wildman–Crippen LogP) is 2.63. The molecule has 0 aromatic carbocycles. The van der Waals surface area contributed by atoms with E-state index in [1.807, 2.05) is 6.20 Å². The monoisotopic (exact) mass is 405 g/mol. The standard InChI is InChI=1S/C18H23N7S.ClH/c1-5-24(11-15-9-20-22-17(15)14-3-8-26-12-14)6-2-13(1)18-23-21-16-10-19-4-7-25(16)18;/h3,8-9,12-13,19H,1-2,4-7,10-11H2,(H,20,22);1H. The molecule has 0 unspecified atom stereocenters.